The minimum atomic E-state index is 0.164. The van der Waals surface area contributed by atoms with Crippen LogP contribution < -0.4 is 5.32 Å². The Morgan fingerprint density at radius 2 is 2.26 bits per heavy atom. The molecule has 4 nitrogen and oxygen atoms in total. The van der Waals surface area contributed by atoms with Crippen molar-refractivity contribution in [1.29, 1.82) is 0 Å². The second kappa shape index (κ2) is 8.00. The van der Waals surface area contributed by atoms with Gasteiger partial charge in [-0.05, 0) is 43.8 Å². The lowest BCUT2D eigenvalue weighted by molar-refractivity contribution is 0.114. The number of hydrogen-bond acceptors (Lipinski definition) is 4. The number of hydrogen-bond donors (Lipinski definition) is 1. The van der Waals surface area contributed by atoms with Gasteiger partial charge in [-0.1, -0.05) is 18.0 Å². The van der Waals surface area contributed by atoms with Gasteiger partial charge >= 0.3 is 0 Å². The fourth-order valence-electron chi connectivity index (χ4n) is 2.25. The van der Waals surface area contributed by atoms with Gasteiger partial charge in [0.25, 0.3) is 0 Å². The Balaban J connectivity index is 1.61. The Bertz CT molecular complexity index is 397. The average Bonchev–Trinajstić information content (AvgIpc) is 2.42. The topological polar surface area (TPSA) is 47.0 Å². The highest BCUT2D eigenvalue weighted by molar-refractivity contribution is 6.32. The first-order valence-corrected chi connectivity index (χ1v) is 7.49. The first kappa shape index (κ1) is 15.0. The Hall–Kier alpha value is -0.420. The van der Waals surface area contributed by atoms with Crippen LogP contribution in [-0.2, 0) is 11.3 Å². The molecule has 0 aromatic carbocycles. The summed E-state index contributed by atoms with van der Waals surface area (Å²) in [5.74, 6) is 0. The van der Waals surface area contributed by atoms with Crippen molar-refractivity contribution in [2.75, 3.05) is 13.2 Å². The SMILES string of the molecule is Clc1ncc(COCCCC2CCCCN2)c(Cl)n1. The van der Waals surface area contributed by atoms with E-state index in [1.54, 1.807) is 6.20 Å². The summed E-state index contributed by atoms with van der Waals surface area (Å²) in [4.78, 5) is 7.77. The third kappa shape index (κ3) is 5.22. The van der Waals surface area contributed by atoms with E-state index in [0.717, 1.165) is 25.1 Å². The standard InChI is InChI=1S/C13H19Cl2N3O/c14-12-10(8-17-13(15)18-12)9-19-7-3-5-11-4-1-2-6-16-11/h8,11,16H,1-7,9H2. The molecule has 0 saturated carbocycles. The molecule has 2 rings (SSSR count). The Labute approximate surface area is 123 Å². The van der Waals surface area contributed by atoms with Crippen molar-refractivity contribution < 1.29 is 4.74 Å². The van der Waals surface area contributed by atoms with Gasteiger partial charge in [-0.2, -0.15) is 0 Å². The number of halogens is 2. The van der Waals surface area contributed by atoms with E-state index in [1.165, 1.54) is 25.7 Å². The monoisotopic (exact) mass is 303 g/mol. The molecule has 1 unspecified atom stereocenters. The van der Waals surface area contributed by atoms with Crippen LogP contribution in [-0.4, -0.2) is 29.2 Å². The number of piperidine rings is 1. The van der Waals surface area contributed by atoms with Crippen LogP contribution in [0.1, 0.15) is 37.7 Å². The van der Waals surface area contributed by atoms with E-state index in [0.29, 0.717) is 17.8 Å². The van der Waals surface area contributed by atoms with E-state index in [2.05, 4.69) is 15.3 Å². The molecule has 1 aliphatic heterocycles. The van der Waals surface area contributed by atoms with E-state index in [4.69, 9.17) is 27.9 Å². The van der Waals surface area contributed by atoms with Crippen molar-refractivity contribution in [3.8, 4) is 0 Å². The first-order valence-electron chi connectivity index (χ1n) is 6.74. The largest absolute Gasteiger partial charge is 0.377 e. The smallest absolute Gasteiger partial charge is 0.223 e. The second-order valence-electron chi connectivity index (χ2n) is 4.80. The van der Waals surface area contributed by atoms with Gasteiger partial charge in [-0.25, -0.2) is 9.97 Å². The molecule has 0 amide bonds. The van der Waals surface area contributed by atoms with E-state index in [-0.39, 0.29) is 5.28 Å². The predicted molar refractivity (Wildman–Crippen MR) is 76.6 cm³/mol. The van der Waals surface area contributed by atoms with E-state index in [1.807, 2.05) is 0 Å². The van der Waals surface area contributed by atoms with Gasteiger partial charge in [-0.15, -0.1) is 0 Å². The van der Waals surface area contributed by atoms with Gasteiger partial charge in [0.05, 0.1) is 6.61 Å². The highest BCUT2D eigenvalue weighted by atomic mass is 35.5. The third-order valence-corrected chi connectivity index (χ3v) is 3.80. The highest BCUT2D eigenvalue weighted by Crippen LogP contribution is 2.16. The van der Waals surface area contributed by atoms with Crippen molar-refractivity contribution in [2.45, 2.75) is 44.8 Å². The van der Waals surface area contributed by atoms with Crippen molar-refractivity contribution >= 4 is 23.2 Å². The predicted octanol–water partition coefficient (Wildman–Crippen LogP) is 3.22. The third-order valence-electron chi connectivity index (χ3n) is 3.29. The molecule has 1 atom stereocenters. The summed E-state index contributed by atoms with van der Waals surface area (Å²) in [5.41, 5.74) is 0.779. The lowest BCUT2D eigenvalue weighted by atomic mass is 10.0. The summed E-state index contributed by atoms with van der Waals surface area (Å²) in [5, 5.41) is 4.07. The van der Waals surface area contributed by atoms with Gasteiger partial charge in [-0.3, -0.25) is 0 Å². The number of aromatic nitrogens is 2. The highest BCUT2D eigenvalue weighted by Gasteiger charge is 2.11. The number of ether oxygens (including phenoxy) is 1. The van der Waals surface area contributed by atoms with Crippen molar-refractivity contribution in [2.24, 2.45) is 0 Å². The van der Waals surface area contributed by atoms with Crippen LogP contribution in [0.2, 0.25) is 10.4 Å². The van der Waals surface area contributed by atoms with E-state index < -0.39 is 0 Å². The summed E-state index contributed by atoms with van der Waals surface area (Å²) < 4.78 is 5.60. The van der Waals surface area contributed by atoms with Crippen molar-refractivity contribution in [1.82, 2.24) is 15.3 Å². The molecule has 2 heterocycles. The molecular formula is C13H19Cl2N3O. The quantitative estimate of drug-likeness (QED) is 0.498. The van der Waals surface area contributed by atoms with Crippen LogP contribution in [0.4, 0.5) is 0 Å². The summed E-state index contributed by atoms with van der Waals surface area (Å²) in [7, 11) is 0. The minimum Gasteiger partial charge on any atom is -0.377 e. The summed E-state index contributed by atoms with van der Waals surface area (Å²) >= 11 is 11.6. The molecule has 0 radical (unpaired) electrons. The first-order chi connectivity index (χ1) is 9.25. The maximum Gasteiger partial charge on any atom is 0.223 e. The summed E-state index contributed by atoms with van der Waals surface area (Å²) in [6, 6.07) is 0.666. The van der Waals surface area contributed by atoms with Crippen LogP contribution in [0.15, 0.2) is 6.20 Å². The van der Waals surface area contributed by atoms with Crippen LogP contribution in [0.25, 0.3) is 0 Å². The molecule has 1 aromatic rings. The average molecular weight is 304 g/mol. The minimum absolute atomic E-state index is 0.164. The number of nitrogens with one attached hydrogen (secondary N) is 1. The maximum atomic E-state index is 5.94. The molecule has 1 saturated heterocycles. The number of rotatable bonds is 6. The molecular weight excluding hydrogens is 285 g/mol. The fraction of sp³-hybridized carbons (Fsp3) is 0.692. The molecule has 0 bridgehead atoms. The molecule has 1 fully saturated rings. The van der Waals surface area contributed by atoms with Crippen LogP contribution in [0, 0.1) is 0 Å². The molecule has 1 N–H and O–H groups in total. The number of nitrogens with zero attached hydrogens (tertiary/aromatic N) is 2. The van der Waals surface area contributed by atoms with Crippen molar-refractivity contribution in [3.05, 3.63) is 22.2 Å². The Kier molecular flexibility index (Phi) is 6.31. The van der Waals surface area contributed by atoms with Gasteiger partial charge in [0, 0.05) is 24.4 Å². The lowest BCUT2D eigenvalue weighted by Gasteiger charge is -2.23. The van der Waals surface area contributed by atoms with Gasteiger partial charge in [0.15, 0.2) is 0 Å². The van der Waals surface area contributed by atoms with Gasteiger partial charge in [0.2, 0.25) is 5.28 Å². The summed E-state index contributed by atoms with van der Waals surface area (Å²) in [6.07, 6.45) is 7.78. The molecule has 6 heteroatoms. The lowest BCUT2D eigenvalue weighted by Crippen LogP contribution is -2.33. The Morgan fingerprint density at radius 1 is 1.37 bits per heavy atom. The fourth-order valence-corrected chi connectivity index (χ4v) is 2.61. The van der Waals surface area contributed by atoms with Crippen LogP contribution in [0.3, 0.4) is 0 Å². The molecule has 0 spiro atoms. The van der Waals surface area contributed by atoms with Gasteiger partial charge < -0.3 is 10.1 Å². The summed E-state index contributed by atoms with van der Waals surface area (Å²) in [6.45, 7) is 2.33. The van der Waals surface area contributed by atoms with E-state index >= 15 is 0 Å². The zero-order valence-electron chi connectivity index (χ0n) is 10.9. The second-order valence-corrected chi connectivity index (χ2v) is 5.49. The zero-order valence-corrected chi connectivity index (χ0v) is 12.4. The maximum absolute atomic E-state index is 5.94. The Morgan fingerprint density at radius 3 is 3.00 bits per heavy atom. The zero-order chi connectivity index (χ0) is 13.5. The molecule has 0 aliphatic carbocycles. The van der Waals surface area contributed by atoms with Crippen molar-refractivity contribution in [3.63, 3.8) is 0 Å². The van der Waals surface area contributed by atoms with E-state index in [9.17, 15) is 0 Å². The normalized spacial score (nSPS) is 19.6. The van der Waals surface area contributed by atoms with Gasteiger partial charge in [0.1, 0.15) is 5.15 Å². The molecule has 106 valence electrons. The molecule has 19 heavy (non-hydrogen) atoms. The van der Waals surface area contributed by atoms with Crippen LogP contribution in [0.5, 0.6) is 0 Å². The van der Waals surface area contributed by atoms with Crippen LogP contribution >= 0.6 is 23.2 Å². The molecule has 1 aliphatic rings. The molecule has 1 aromatic heterocycles.